The van der Waals surface area contributed by atoms with Crippen LogP contribution in [0.25, 0.3) is 0 Å². The zero-order valence-corrected chi connectivity index (χ0v) is 19.2. The molecule has 0 radical (unpaired) electrons. The maximum atomic E-state index is 12.5. The second kappa shape index (κ2) is 11.5. The van der Waals surface area contributed by atoms with Crippen LogP contribution in [0.5, 0.6) is 0 Å². The van der Waals surface area contributed by atoms with E-state index in [1.807, 2.05) is 36.4 Å². The van der Waals surface area contributed by atoms with Crippen molar-refractivity contribution in [1.29, 1.82) is 0 Å². The van der Waals surface area contributed by atoms with Gasteiger partial charge in [-0.25, -0.2) is 9.97 Å². The van der Waals surface area contributed by atoms with Crippen molar-refractivity contribution in [3.8, 4) is 0 Å². The van der Waals surface area contributed by atoms with Crippen molar-refractivity contribution >= 4 is 23.5 Å². The van der Waals surface area contributed by atoms with E-state index < -0.39 is 0 Å². The highest BCUT2D eigenvalue weighted by Gasteiger charge is 2.11. The van der Waals surface area contributed by atoms with E-state index in [-0.39, 0.29) is 5.91 Å². The van der Waals surface area contributed by atoms with Crippen LogP contribution in [0.2, 0.25) is 0 Å². The standard InChI is InChI=1S/C24H29N5OS/c1-4-21-14-22(29(5-2)6-3)28-24(27-21)31-17-18-9-7-11-20(13-18)23(30)26-16-19-10-8-12-25-15-19/h7-15H,4-6,16-17H2,1-3H3,(H,26,30). The molecule has 0 bridgehead atoms. The molecular weight excluding hydrogens is 406 g/mol. The lowest BCUT2D eigenvalue weighted by Crippen LogP contribution is -2.23. The quantitative estimate of drug-likeness (QED) is 0.373. The van der Waals surface area contributed by atoms with Gasteiger partial charge in [0.15, 0.2) is 5.16 Å². The predicted octanol–water partition coefficient (Wildman–Crippen LogP) is 4.50. The smallest absolute Gasteiger partial charge is 0.251 e. The van der Waals surface area contributed by atoms with Crippen molar-refractivity contribution in [2.24, 2.45) is 0 Å². The van der Waals surface area contributed by atoms with E-state index in [1.54, 1.807) is 24.2 Å². The summed E-state index contributed by atoms with van der Waals surface area (Å²) in [6, 6.07) is 13.6. The lowest BCUT2D eigenvalue weighted by molar-refractivity contribution is 0.0951. The van der Waals surface area contributed by atoms with Crippen molar-refractivity contribution in [2.45, 2.75) is 44.6 Å². The molecule has 31 heavy (non-hydrogen) atoms. The molecule has 0 aliphatic rings. The van der Waals surface area contributed by atoms with Crippen LogP contribution in [0, 0.1) is 0 Å². The van der Waals surface area contributed by atoms with Crippen molar-refractivity contribution in [2.75, 3.05) is 18.0 Å². The van der Waals surface area contributed by atoms with Crippen LogP contribution < -0.4 is 10.2 Å². The van der Waals surface area contributed by atoms with E-state index in [0.717, 1.165) is 47.3 Å². The third-order valence-electron chi connectivity index (χ3n) is 4.93. The van der Waals surface area contributed by atoms with Gasteiger partial charge < -0.3 is 10.2 Å². The number of nitrogens with zero attached hydrogens (tertiary/aromatic N) is 4. The Labute approximate surface area is 188 Å². The highest BCUT2D eigenvalue weighted by molar-refractivity contribution is 7.98. The van der Waals surface area contributed by atoms with Gasteiger partial charge >= 0.3 is 0 Å². The molecule has 0 fully saturated rings. The van der Waals surface area contributed by atoms with Gasteiger partial charge in [-0.05, 0) is 49.6 Å². The highest BCUT2D eigenvalue weighted by atomic mass is 32.2. The summed E-state index contributed by atoms with van der Waals surface area (Å²) in [5, 5.41) is 3.72. The highest BCUT2D eigenvalue weighted by Crippen LogP contribution is 2.23. The molecular formula is C24H29N5OS. The van der Waals surface area contributed by atoms with Gasteiger partial charge in [-0.15, -0.1) is 0 Å². The molecule has 2 heterocycles. The number of thioether (sulfide) groups is 1. The topological polar surface area (TPSA) is 71.0 Å². The first-order valence-corrected chi connectivity index (χ1v) is 11.6. The summed E-state index contributed by atoms with van der Waals surface area (Å²) in [6.07, 6.45) is 4.35. The van der Waals surface area contributed by atoms with E-state index >= 15 is 0 Å². The van der Waals surface area contributed by atoms with Crippen molar-refractivity contribution in [3.05, 3.63) is 77.2 Å². The van der Waals surface area contributed by atoms with Gasteiger partial charge in [0.05, 0.1) is 0 Å². The minimum absolute atomic E-state index is 0.0937. The van der Waals surface area contributed by atoms with Crippen LogP contribution >= 0.6 is 11.8 Å². The summed E-state index contributed by atoms with van der Waals surface area (Å²) in [5.74, 6) is 1.58. The van der Waals surface area contributed by atoms with E-state index in [1.165, 1.54) is 0 Å². The Hall–Kier alpha value is -2.93. The van der Waals surface area contributed by atoms with Crippen molar-refractivity contribution in [3.63, 3.8) is 0 Å². The third kappa shape index (κ3) is 6.52. The number of aryl methyl sites for hydroxylation is 1. The van der Waals surface area contributed by atoms with Gasteiger partial charge in [0.25, 0.3) is 5.91 Å². The molecule has 0 aliphatic carbocycles. The average Bonchev–Trinajstić information content (AvgIpc) is 2.82. The Balaban J connectivity index is 1.66. The van der Waals surface area contributed by atoms with Crippen molar-refractivity contribution in [1.82, 2.24) is 20.3 Å². The molecule has 0 saturated heterocycles. The number of hydrogen-bond acceptors (Lipinski definition) is 6. The minimum atomic E-state index is -0.0937. The van der Waals surface area contributed by atoms with Gasteiger partial charge in [0.1, 0.15) is 5.82 Å². The number of carbonyl (C=O) groups is 1. The van der Waals surface area contributed by atoms with E-state index in [4.69, 9.17) is 4.98 Å². The maximum absolute atomic E-state index is 12.5. The average molecular weight is 436 g/mol. The van der Waals surface area contributed by atoms with Gasteiger partial charge in [0.2, 0.25) is 0 Å². The fraction of sp³-hybridized carbons (Fsp3) is 0.333. The zero-order valence-electron chi connectivity index (χ0n) is 18.3. The number of carbonyl (C=O) groups excluding carboxylic acids is 1. The Bertz CT molecular complexity index is 992. The second-order valence-electron chi connectivity index (χ2n) is 7.06. The van der Waals surface area contributed by atoms with E-state index in [9.17, 15) is 4.79 Å². The third-order valence-corrected chi connectivity index (χ3v) is 5.85. The van der Waals surface area contributed by atoms with Crippen LogP contribution in [0.1, 0.15) is 48.0 Å². The van der Waals surface area contributed by atoms with Gasteiger partial charge in [0, 0.05) is 55.1 Å². The molecule has 1 N–H and O–H groups in total. The Morgan fingerprint density at radius 1 is 1.03 bits per heavy atom. The summed E-state index contributed by atoms with van der Waals surface area (Å²) in [5.41, 5.74) is 3.73. The SMILES string of the molecule is CCc1cc(N(CC)CC)nc(SCc2cccc(C(=O)NCc3cccnc3)c2)n1. The number of anilines is 1. The number of rotatable bonds is 10. The van der Waals surface area contributed by atoms with Crippen LogP contribution in [0.4, 0.5) is 5.82 Å². The normalized spacial score (nSPS) is 10.7. The van der Waals surface area contributed by atoms with Crippen LogP contribution in [0.3, 0.4) is 0 Å². The number of hydrogen-bond donors (Lipinski definition) is 1. The zero-order chi connectivity index (χ0) is 22.1. The first-order valence-electron chi connectivity index (χ1n) is 10.6. The summed E-state index contributed by atoms with van der Waals surface area (Å²) in [4.78, 5) is 28.3. The largest absolute Gasteiger partial charge is 0.357 e. The monoisotopic (exact) mass is 435 g/mol. The molecule has 6 nitrogen and oxygen atoms in total. The summed E-state index contributed by atoms with van der Waals surface area (Å²) in [7, 11) is 0. The predicted molar refractivity (Wildman–Crippen MR) is 126 cm³/mol. The first-order chi connectivity index (χ1) is 15.1. The molecule has 0 spiro atoms. The Morgan fingerprint density at radius 3 is 2.55 bits per heavy atom. The van der Waals surface area contributed by atoms with Gasteiger partial charge in [-0.1, -0.05) is 36.9 Å². The molecule has 3 aromatic rings. The summed E-state index contributed by atoms with van der Waals surface area (Å²) < 4.78 is 0. The second-order valence-corrected chi connectivity index (χ2v) is 8.00. The molecule has 0 aliphatic heterocycles. The van der Waals surface area contributed by atoms with Crippen LogP contribution in [-0.4, -0.2) is 33.9 Å². The molecule has 0 atom stereocenters. The molecule has 3 rings (SSSR count). The Morgan fingerprint density at radius 2 is 1.84 bits per heavy atom. The molecule has 2 aromatic heterocycles. The lowest BCUT2D eigenvalue weighted by Gasteiger charge is -2.20. The van der Waals surface area contributed by atoms with Crippen LogP contribution in [0.15, 0.2) is 60.0 Å². The van der Waals surface area contributed by atoms with Gasteiger partial charge in [-0.3, -0.25) is 9.78 Å². The molecule has 0 unspecified atom stereocenters. The molecule has 1 aromatic carbocycles. The molecule has 7 heteroatoms. The fourth-order valence-corrected chi connectivity index (χ4v) is 3.97. The number of amides is 1. The van der Waals surface area contributed by atoms with Crippen molar-refractivity contribution < 1.29 is 4.79 Å². The molecule has 162 valence electrons. The van der Waals surface area contributed by atoms with Gasteiger partial charge in [-0.2, -0.15) is 0 Å². The number of nitrogens with one attached hydrogen (secondary N) is 1. The van der Waals surface area contributed by atoms with E-state index in [0.29, 0.717) is 17.9 Å². The summed E-state index contributed by atoms with van der Waals surface area (Å²) in [6.45, 7) is 8.66. The number of aromatic nitrogens is 3. The van der Waals surface area contributed by atoms with Crippen LogP contribution in [-0.2, 0) is 18.7 Å². The summed E-state index contributed by atoms with van der Waals surface area (Å²) >= 11 is 1.60. The first kappa shape index (κ1) is 22.7. The molecule has 0 saturated carbocycles. The Kier molecular flexibility index (Phi) is 8.41. The minimum Gasteiger partial charge on any atom is -0.357 e. The lowest BCUT2D eigenvalue weighted by atomic mass is 10.1. The fourth-order valence-electron chi connectivity index (χ4n) is 3.15. The van der Waals surface area contributed by atoms with E-state index in [2.05, 4.69) is 47.0 Å². The molecule has 1 amide bonds. The number of pyridine rings is 1. The maximum Gasteiger partial charge on any atom is 0.251 e. The number of benzene rings is 1.